The number of fused-ring (bicyclic) bond motifs is 1. The number of aromatic hydroxyl groups is 1. The van der Waals surface area contributed by atoms with Crippen molar-refractivity contribution < 1.29 is 24.2 Å². The number of aryl methyl sites for hydroxylation is 1. The minimum atomic E-state index is -1.40. The highest BCUT2D eigenvalue weighted by Crippen LogP contribution is 2.50. The summed E-state index contributed by atoms with van der Waals surface area (Å²) in [4.78, 5) is 40.9. The molecule has 0 aromatic heterocycles. The van der Waals surface area contributed by atoms with Crippen LogP contribution in [0.3, 0.4) is 0 Å². The van der Waals surface area contributed by atoms with Crippen LogP contribution in [0.1, 0.15) is 29.7 Å². The largest absolute Gasteiger partial charge is 0.508 e. The van der Waals surface area contributed by atoms with E-state index in [1.807, 2.05) is 31.2 Å². The normalized spacial score (nSPS) is 27.5. The van der Waals surface area contributed by atoms with Gasteiger partial charge in [0, 0.05) is 19.5 Å². The molecule has 2 heterocycles. The summed E-state index contributed by atoms with van der Waals surface area (Å²) in [5.41, 5.74) is 1.20. The number of hydrogen-bond acceptors (Lipinski definition) is 6. The van der Waals surface area contributed by atoms with E-state index in [9.17, 15) is 19.5 Å². The maximum absolute atomic E-state index is 13.4. The molecule has 0 unspecified atom stereocenters. The van der Waals surface area contributed by atoms with Crippen LogP contribution in [0.5, 0.6) is 5.75 Å². The van der Waals surface area contributed by atoms with Crippen molar-refractivity contribution in [3.05, 3.63) is 65.2 Å². The van der Waals surface area contributed by atoms with E-state index in [0.29, 0.717) is 0 Å². The van der Waals surface area contributed by atoms with Crippen LogP contribution in [0.25, 0.3) is 0 Å². The summed E-state index contributed by atoms with van der Waals surface area (Å²) in [6.07, 6.45) is 0.155. The lowest BCUT2D eigenvalue weighted by Crippen LogP contribution is -2.57. The minimum Gasteiger partial charge on any atom is -0.508 e. The Morgan fingerprint density at radius 3 is 2.45 bits per heavy atom. The van der Waals surface area contributed by atoms with E-state index in [4.69, 9.17) is 4.74 Å². The minimum absolute atomic E-state index is 0.107. The molecule has 2 aliphatic heterocycles. The molecule has 0 radical (unpaired) electrons. The number of imide groups is 1. The monoisotopic (exact) mass is 422 g/mol. The number of nitrogens with zero attached hydrogens (tertiary/aromatic N) is 1. The molecule has 7 nitrogen and oxygen atoms in total. The fourth-order valence-corrected chi connectivity index (χ4v) is 4.97. The predicted molar refractivity (Wildman–Crippen MR) is 113 cm³/mol. The summed E-state index contributed by atoms with van der Waals surface area (Å²) in [5.74, 6) is -2.72. The maximum atomic E-state index is 13.4. The number of hydrogen-bond donors (Lipinski definition) is 2. The number of rotatable bonds is 5. The quantitative estimate of drug-likeness (QED) is 0.566. The van der Waals surface area contributed by atoms with Gasteiger partial charge >= 0.3 is 5.97 Å². The van der Waals surface area contributed by atoms with Crippen molar-refractivity contribution in [3.8, 4) is 5.75 Å². The number of nitrogens with one attached hydrogen (secondary N) is 1. The first kappa shape index (κ1) is 21.1. The highest BCUT2D eigenvalue weighted by Gasteiger charge is 2.68. The highest BCUT2D eigenvalue weighted by atomic mass is 16.5. The maximum Gasteiger partial charge on any atom is 0.327 e. The van der Waals surface area contributed by atoms with E-state index in [2.05, 4.69) is 5.32 Å². The molecule has 2 saturated heterocycles. The van der Waals surface area contributed by atoms with Gasteiger partial charge in [-0.3, -0.25) is 24.6 Å². The van der Waals surface area contributed by atoms with Crippen LogP contribution in [0, 0.1) is 18.8 Å². The van der Waals surface area contributed by atoms with Crippen molar-refractivity contribution in [1.82, 2.24) is 10.2 Å². The standard InChI is InChI=1S/C24H26N2O5/c1-4-31-23(30)24(13-15-9-11-16(27)12-10-15)19-18(21(28)26(3)22(19)29)20(25-24)17-8-6-5-7-14(17)2/h5-12,18-20,25,27H,4,13H2,1-3H3/t18-,19-,20-,24+/m0/s1. The molecule has 2 aromatic rings. The Bertz CT molecular complexity index is 1030. The van der Waals surface area contributed by atoms with Gasteiger partial charge in [-0.15, -0.1) is 0 Å². The average molecular weight is 422 g/mol. The Labute approximate surface area is 181 Å². The number of carbonyl (C=O) groups is 3. The summed E-state index contributed by atoms with van der Waals surface area (Å²) < 4.78 is 5.43. The Hall–Kier alpha value is -3.19. The predicted octanol–water partition coefficient (Wildman–Crippen LogP) is 2.12. The number of benzene rings is 2. The second-order valence-corrected chi connectivity index (χ2v) is 8.25. The van der Waals surface area contributed by atoms with E-state index in [-0.39, 0.29) is 30.6 Å². The van der Waals surface area contributed by atoms with Crippen LogP contribution >= 0.6 is 0 Å². The molecule has 2 amide bonds. The van der Waals surface area contributed by atoms with Gasteiger partial charge in [0.15, 0.2) is 0 Å². The van der Waals surface area contributed by atoms with Gasteiger partial charge in [0.05, 0.1) is 18.4 Å². The summed E-state index contributed by atoms with van der Waals surface area (Å²) in [5, 5.41) is 13.0. The molecule has 162 valence electrons. The highest BCUT2D eigenvalue weighted by molar-refractivity contribution is 6.09. The van der Waals surface area contributed by atoms with E-state index in [1.165, 1.54) is 19.2 Å². The number of carbonyl (C=O) groups excluding carboxylic acids is 3. The Morgan fingerprint density at radius 2 is 1.81 bits per heavy atom. The molecule has 0 aliphatic carbocycles. The number of likely N-dealkylation sites (tertiary alicyclic amines) is 1. The third-order valence-electron chi connectivity index (χ3n) is 6.46. The van der Waals surface area contributed by atoms with Gasteiger partial charge in [-0.2, -0.15) is 0 Å². The second-order valence-electron chi connectivity index (χ2n) is 8.25. The number of amides is 2. The van der Waals surface area contributed by atoms with Gasteiger partial charge in [0.1, 0.15) is 11.3 Å². The Morgan fingerprint density at radius 1 is 1.13 bits per heavy atom. The molecule has 0 spiro atoms. The molecule has 4 atom stereocenters. The lowest BCUT2D eigenvalue weighted by molar-refractivity contribution is -0.156. The van der Waals surface area contributed by atoms with Crippen LogP contribution in [0.2, 0.25) is 0 Å². The molecular formula is C24H26N2O5. The molecular weight excluding hydrogens is 396 g/mol. The summed E-state index contributed by atoms with van der Waals surface area (Å²) in [7, 11) is 1.47. The molecule has 2 N–H and O–H groups in total. The van der Waals surface area contributed by atoms with Crippen LogP contribution in [0.15, 0.2) is 48.5 Å². The first-order valence-corrected chi connectivity index (χ1v) is 10.4. The smallest absolute Gasteiger partial charge is 0.327 e. The third-order valence-corrected chi connectivity index (χ3v) is 6.46. The van der Waals surface area contributed by atoms with Gasteiger partial charge in [-0.25, -0.2) is 0 Å². The molecule has 0 bridgehead atoms. The zero-order chi connectivity index (χ0) is 22.3. The van der Waals surface area contributed by atoms with Crippen LogP contribution < -0.4 is 5.32 Å². The molecule has 2 aliphatic rings. The molecule has 2 aromatic carbocycles. The molecule has 7 heteroatoms. The fraction of sp³-hybridized carbons (Fsp3) is 0.375. The lowest BCUT2D eigenvalue weighted by atomic mass is 9.76. The van der Waals surface area contributed by atoms with E-state index < -0.39 is 29.4 Å². The van der Waals surface area contributed by atoms with Crippen molar-refractivity contribution >= 4 is 17.8 Å². The first-order valence-electron chi connectivity index (χ1n) is 10.4. The van der Waals surface area contributed by atoms with E-state index in [0.717, 1.165) is 21.6 Å². The number of ether oxygens (including phenoxy) is 1. The number of phenols is 1. The van der Waals surface area contributed by atoms with E-state index >= 15 is 0 Å². The van der Waals surface area contributed by atoms with Crippen molar-refractivity contribution in [2.75, 3.05) is 13.7 Å². The van der Waals surface area contributed by atoms with Crippen LogP contribution in [0.4, 0.5) is 0 Å². The van der Waals surface area contributed by atoms with Crippen LogP contribution in [-0.2, 0) is 25.5 Å². The van der Waals surface area contributed by atoms with Gasteiger partial charge in [0.2, 0.25) is 11.8 Å². The van der Waals surface area contributed by atoms with Crippen molar-refractivity contribution in [2.24, 2.45) is 11.8 Å². The van der Waals surface area contributed by atoms with Crippen molar-refractivity contribution in [1.29, 1.82) is 0 Å². The van der Waals surface area contributed by atoms with E-state index in [1.54, 1.807) is 19.1 Å². The second kappa shape index (κ2) is 7.81. The summed E-state index contributed by atoms with van der Waals surface area (Å²) in [6, 6.07) is 13.6. The van der Waals surface area contributed by atoms with Crippen LogP contribution in [-0.4, -0.2) is 47.0 Å². The SMILES string of the molecule is CCOC(=O)[C@]1(Cc2ccc(O)cc2)N[C@@H](c2ccccc2C)[C@H]2C(=O)N(C)C(=O)[C@H]21. The van der Waals surface area contributed by atoms with Gasteiger partial charge in [-0.05, 0) is 42.7 Å². The summed E-state index contributed by atoms with van der Waals surface area (Å²) in [6.45, 7) is 3.81. The third kappa shape index (κ3) is 3.29. The first-order chi connectivity index (χ1) is 14.8. The molecule has 0 saturated carbocycles. The zero-order valence-electron chi connectivity index (χ0n) is 17.8. The van der Waals surface area contributed by atoms with Gasteiger partial charge < -0.3 is 9.84 Å². The fourth-order valence-electron chi connectivity index (χ4n) is 4.97. The number of phenolic OH excluding ortho intramolecular Hbond substituents is 1. The molecule has 4 rings (SSSR count). The molecule has 2 fully saturated rings. The Kier molecular flexibility index (Phi) is 5.31. The van der Waals surface area contributed by atoms with Gasteiger partial charge in [-0.1, -0.05) is 36.4 Å². The average Bonchev–Trinajstić information content (AvgIpc) is 3.20. The topological polar surface area (TPSA) is 95.9 Å². The van der Waals surface area contributed by atoms with Crippen molar-refractivity contribution in [3.63, 3.8) is 0 Å². The lowest BCUT2D eigenvalue weighted by Gasteiger charge is -2.33. The number of esters is 1. The molecule has 31 heavy (non-hydrogen) atoms. The van der Waals surface area contributed by atoms with Crippen molar-refractivity contribution in [2.45, 2.75) is 31.8 Å². The van der Waals surface area contributed by atoms with Gasteiger partial charge in [0.25, 0.3) is 0 Å². The zero-order valence-corrected chi connectivity index (χ0v) is 17.8. The Balaban J connectivity index is 1.87. The summed E-state index contributed by atoms with van der Waals surface area (Å²) >= 11 is 0.